The fourth-order valence-corrected chi connectivity index (χ4v) is 2.71. The number of methoxy groups -OCH3 is 2. The van der Waals surface area contributed by atoms with E-state index >= 15 is 0 Å². The molecule has 7 heteroatoms. The van der Waals surface area contributed by atoms with Gasteiger partial charge in [0.15, 0.2) is 11.5 Å². The number of ether oxygens (including phenoxy) is 2. The SMILES string of the molecule is COc1cc(C)c(C(C)NC(=O)NCCc2cnn(C)c2)cc1OC. The first-order valence-electron chi connectivity index (χ1n) is 8.19. The van der Waals surface area contributed by atoms with Gasteiger partial charge in [-0.3, -0.25) is 4.68 Å². The van der Waals surface area contributed by atoms with Gasteiger partial charge in [-0.15, -0.1) is 0 Å². The smallest absolute Gasteiger partial charge is 0.315 e. The number of carbonyl (C=O) groups is 1. The van der Waals surface area contributed by atoms with Crippen LogP contribution in [0.15, 0.2) is 24.5 Å². The molecule has 0 radical (unpaired) electrons. The second kappa shape index (κ2) is 8.41. The summed E-state index contributed by atoms with van der Waals surface area (Å²) in [4.78, 5) is 12.1. The number of hydrogen-bond donors (Lipinski definition) is 2. The van der Waals surface area contributed by atoms with E-state index in [0.717, 1.165) is 23.1 Å². The molecule has 2 aromatic rings. The maximum atomic E-state index is 12.1. The number of urea groups is 1. The van der Waals surface area contributed by atoms with Crippen molar-refractivity contribution in [2.45, 2.75) is 26.3 Å². The van der Waals surface area contributed by atoms with Gasteiger partial charge < -0.3 is 20.1 Å². The summed E-state index contributed by atoms with van der Waals surface area (Å²) in [6.07, 6.45) is 4.48. The third kappa shape index (κ3) is 4.89. The Bertz CT molecular complexity index is 727. The molecular weight excluding hydrogens is 320 g/mol. The maximum Gasteiger partial charge on any atom is 0.315 e. The molecule has 2 amide bonds. The molecule has 2 N–H and O–H groups in total. The third-order valence-electron chi connectivity index (χ3n) is 4.04. The lowest BCUT2D eigenvalue weighted by Gasteiger charge is -2.19. The van der Waals surface area contributed by atoms with Crippen molar-refractivity contribution in [1.29, 1.82) is 0 Å². The molecule has 1 atom stereocenters. The van der Waals surface area contributed by atoms with Gasteiger partial charge in [-0.05, 0) is 49.1 Å². The first kappa shape index (κ1) is 18.6. The Labute approximate surface area is 148 Å². The van der Waals surface area contributed by atoms with Crippen LogP contribution in [-0.4, -0.2) is 36.6 Å². The summed E-state index contributed by atoms with van der Waals surface area (Å²) < 4.78 is 12.4. The predicted octanol–water partition coefficient (Wildman–Crippen LogP) is 2.35. The fraction of sp³-hybridized carbons (Fsp3) is 0.444. The van der Waals surface area contributed by atoms with E-state index in [4.69, 9.17) is 9.47 Å². The molecule has 0 aliphatic heterocycles. The Balaban J connectivity index is 1.92. The number of rotatable bonds is 7. The van der Waals surface area contributed by atoms with Crippen LogP contribution in [0.25, 0.3) is 0 Å². The molecule has 0 saturated carbocycles. The van der Waals surface area contributed by atoms with E-state index in [1.165, 1.54) is 0 Å². The lowest BCUT2D eigenvalue weighted by atomic mass is 10.0. The normalized spacial score (nSPS) is 11.7. The van der Waals surface area contributed by atoms with Crippen LogP contribution in [0.1, 0.15) is 29.7 Å². The molecule has 1 aromatic carbocycles. The molecule has 0 bridgehead atoms. The van der Waals surface area contributed by atoms with Crippen molar-refractivity contribution in [2.75, 3.05) is 20.8 Å². The molecule has 0 aliphatic rings. The van der Waals surface area contributed by atoms with Crippen molar-refractivity contribution in [3.63, 3.8) is 0 Å². The predicted molar refractivity (Wildman–Crippen MR) is 96.1 cm³/mol. The molecule has 1 unspecified atom stereocenters. The molecule has 136 valence electrons. The summed E-state index contributed by atoms with van der Waals surface area (Å²) in [7, 11) is 5.07. The Hall–Kier alpha value is -2.70. The highest BCUT2D eigenvalue weighted by Crippen LogP contribution is 2.32. The summed E-state index contributed by atoms with van der Waals surface area (Å²) in [5.41, 5.74) is 3.10. The van der Waals surface area contributed by atoms with Gasteiger partial charge in [0.1, 0.15) is 0 Å². The summed E-state index contributed by atoms with van der Waals surface area (Å²) in [6, 6.07) is 3.45. The van der Waals surface area contributed by atoms with E-state index in [1.807, 2.05) is 39.2 Å². The number of carbonyl (C=O) groups excluding carboxylic acids is 1. The largest absolute Gasteiger partial charge is 0.493 e. The fourth-order valence-electron chi connectivity index (χ4n) is 2.71. The zero-order valence-corrected chi connectivity index (χ0v) is 15.4. The van der Waals surface area contributed by atoms with Gasteiger partial charge in [0.05, 0.1) is 26.5 Å². The van der Waals surface area contributed by atoms with Gasteiger partial charge in [-0.25, -0.2) is 4.79 Å². The highest BCUT2D eigenvalue weighted by atomic mass is 16.5. The zero-order chi connectivity index (χ0) is 18.4. The van der Waals surface area contributed by atoms with Crippen LogP contribution < -0.4 is 20.1 Å². The van der Waals surface area contributed by atoms with Crippen LogP contribution in [0.4, 0.5) is 4.79 Å². The number of nitrogens with zero attached hydrogens (tertiary/aromatic N) is 2. The number of aryl methyl sites for hydroxylation is 2. The van der Waals surface area contributed by atoms with Crippen LogP contribution in [0, 0.1) is 6.92 Å². The van der Waals surface area contributed by atoms with Gasteiger partial charge >= 0.3 is 6.03 Å². The van der Waals surface area contributed by atoms with Gasteiger partial charge in [0, 0.05) is 19.8 Å². The minimum Gasteiger partial charge on any atom is -0.493 e. The highest BCUT2D eigenvalue weighted by molar-refractivity contribution is 5.74. The van der Waals surface area contributed by atoms with E-state index in [-0.39, 0.29) is 12.1 Å². The lowest BCUT2D eigenvalue weighted by Crippen LogP contribution is -2.38. The van der Waals surface area contributed by atoms with Crippen molar-refractivity contribution in [2.24, 2.45) is 7.05 Å². The first-order valence-corrected chi connectivity index (χ1v) is 8.19. The van der Waals surface area contributed by atoms with Crippen molar-refractivity contribution in [3.8, 4) is 11.5 Å². The number of benzene rings is 1. The molecule has 2 rings (SSSR count). The van der Waals surface area contributed by atoms with Crippen LogP contribution in [-0.2, 0) is 13.5 Å². The molecule has 0 aliphatic carbocycles. The lowest BCUT2D eigenvalue weighted by molar-refractivity contribution is 0.238. The Morgan fingerprint density at radius 3 is 2.56 bits per heavy atom. The van der Waals surface area contributed by atoms with Crippen molar-refractivity contribution in [3.05, 3.63) is 41.2 Å². The first-order chi connectivity index (χ1) is 11.9. The van der Waals surface area contributed by atoms with Gasteiger partial charge in [-0.1, -0.05) is 0 Å². The average molecular weight is 346 g/mol. The molecule has 0 saturated heterocycles. The van der Waals surface area contributed by atoms with E-state index in [9.17, 15) is 4.79 Å². The van der Waals surface area contributed by atoms with Gasteiger partial charge in [-0.2, -0.15) is 5.10 Å². The van der Waals surface area contributed by atoms with Gasteiger partial charge in [0.25, 0.3) is 0 Å². The summed E-state index contributed by atoms with van der Waals surface area (Å²) in [6.45, 7) is 4.47. The maximum absolute atomic E-state index is 12.1. The molecule has 0 fully saturated rings. The highest BCUT2D eigenvalue weighted by Gasteiger charge is 2.15. The molecule has 1 aromatic heterocycles. The average Bonchev–Trinajstić information content (AvgIpc) is 2.99. The number of nitrogens with one attached hydrogen (secondary N) is 2. The number of amides is 2. The quantitative estimate of drug-likeness (QED) is 0.807. The summed E-state index contributed by atoms with van der Waals surface area (Å²) in [5, 5.41) is 9.93. The molecule has 0 spiro atoms. The Morgan fingerprint density at radius 2 is 1.96 bits per heavy atom. The van der Waals surface area contributed by atoms with E-state index in [1.54, 1.807) is 25.1 Å². The molecular formula is C18H26N4O3. The van der Waals surface area contributed by atoms with Crippen LogP contribution in [0.3, 0.4) is 0 Å². The van der Waals surface area contributed by atoms with E-state index in [2.05, 4.69) is 15.7 Å². The van der Waals surface area contributed by atoms with Gasteiger partial charge in [0.2, 0.25) is 0 Å². The van der Waals surface area contributed by atoms with Crippen LogP contribution in [0.2, 0.25) is 0 Å². The van der Waals surface area contributed by atoms with Crippen molar-refractivity contribution < 1.29 is 14.3 Å². The van der Waals surface area contributed by atoms with E-state index in [0.29, 0.717) is 18.0 Å². The topological polar surface area (TPSA) is 77.4 Å². The minimum absolute atomic E-state index is 0.154. The third-order valence-corrected chi connectivity index (χ3v) is 4.04. The zero-order valence-electron chi connectivity index (χ0n) is 15.4. The Morgan fingerprint density at radius 1 is 1.28 bits per heavy atom. The monoisotopic (exact) mass is 346 g/mol. The van der Waals surface area contributed by atoms with E-state index < -0.39 is 0 Å². The van der Waals surface area contributed by atoms with Crippen molar-refractivity contribution >= 4 is 6.03 Å². The number of hydrogen-bond acceptors (Lipinski definition) is 4. The second-order valence-electron chi connectivity index (χ2n) is 5.96. The van der Waals surface area contributed by atoms with Crippen LogP contribution in [0.5, 0.6) is 11.5 Å². The summed E-state index contributed by atoms with van der Waals surface area (Å²) in [5.74, 6) is 1.32. The molecule has 25 heavy (non-hydrogen) atoms. The number of aromatic nitrogens is 2. The second-order valence-corrected chi connectivity index (χ2v) is 5.96. The standard InChI is InChI=1S/C18H26N4O3/c1-12-8-16(24-4)17(25-5)9-15(12)13(2)21-18(23)19-7-6-14-10-20-22(3)11-14/h8-11,13H,6-7H2,1-5H3,(H2,19,21,23). The molecule has 7 nitrogen and oxygen atoms in total. The Kier molecular flexibility index (Phi) is 6.27. The van der Waals surface area contributed by atoms with Crippen LogP contribution >= 0.6 is 0 Å². The van der Waals surface area contributed by atoms with Crippen molar-refractivity contribution in [1.82, 2.24) is 20.4 Å². The minimum atomic E-state index is -0.203. The molecule has 1 heterocycles. The summed E-state index contributed by atoms with van der Waals surface area (Å²) >= 11 is 0.